The summed E-state index contributed by atoms with van der Waals surface area (Å²) < 4.78 is 11.0. The number of rotatable bonds is 2. The summed E-state index contributed by atoms with van der Waals surface area (Å²) in [7, 11) is 3.36. The smallest absolute Gasteiger partial charge is 0.161 e. The van der Waals surface area contributed by atoms with Crippen molar-refractivity contribution in [3.8, 4) is 11.5 Å². The van der Waals surface area contributed by atoms with Crippen LogP contribution in [0.5, 0.6) is 11.5 Å². The van der Waals surface area contributed by atoms with Crippen molar-refractivity contribution in [2.24, 2.45) is 0 Å². The van der Waals surface area contributed by atoms with Crippen LogP contribution in [-0.2, 0) is 11.2 Å². The maximum absolute atomic E-state index is 12.3. The first-order valence-corrected chi connectivity index (χ1v) is 8.19. The van der Waals surface area contributed by atoms with Gasteiger partial charge in [0, 0.05) is 30.8 Å². The first-order chi connectivity index (χ1) is 10.7. The number of ketones is 1. The van der Waals surface area contributed by atoms with Crippen LogP contribution < -0.4 is 9.47 Å². The van der Waals surface area contributed by atoms with Crippen molar-refractivity contribution in [3.05, 3.63) is 23.3 Å². The number of hydrogen-bond donors (Lipinski definition) is 0. The van der Waals surface area contributed by atoms with Crippen molar-refractivity contribution in [2.45, 2.75) is 43.6 Å². The van der Waals surface area contributed by atoms with E-state index in [2.05, 4.69) is 17.0 Å². The number of benzene rings is 1. The molecule has 1 saturated carbocycles. The lowest BCUT2D eigenvalue weighted by Crippen LogP contribution is -2.45. The molecule has 0 unspecified atom stereocenters. The van der Waals surface area contributed by atoms with E-state index in [-0.39, 0.29) is 5.54 Å². The predicted octanol–water partition coefficient (Wildman–Crippen LogP) is 2.54. The Labute approximate surface area is 131 Å². The van der Waals surface area contributed by atoms with Crippen LogP contribution in [0.1, 0.15) is 42.7 Å². The van der Waals surface area contributed by atoms with Gasteiger partial charge in [-0.25, -0.2) is 0 Å². The molecule has 0 amide bonds. The van der Waals surface area contributed by atoms with Gasteiger partial charge in [-0.3, -0.25) is 9.69 Å². The van der Waals surface area contributed by atoms with Crippen molar-refractivity contribution >= 4 is 5.78 Å². The molecule has 4 rings (SSSR count). The molecular weight excluding hydrogens is 278 g/mol. The lowest BCUT2D eigenvalue weighted by molar-refractivity contribution is -0.118. The third-order valence-electron chi connectivity index (χ3n) is 5.92. The second kappa shape index (κ2) is 4.98. The van der Waals surface area contributed by atoms with E-state index in [1.807, 2.05) is 0 Å². The summed E-state index contributed by atoms with van der Waals surface area (Å²) in [5.41, 5.74) is 2.71. The van der Waals surface area contributed by atoms with Gasteiger partial charge in [0.1, 0.15) is 5.78 Å². The molecule has 1 aromatic carbocycles. The minimum absolute atomic E-state index is 0.0714. The van der Waals surface area contributed by atoms with Crippen molar-refractivity contribution in [1.82, 2.24) is 4.90 Å². The van der Waals surface area contributed by atoms with Gasteiger partial charge in [-0.05, 0) is 49.1 Å². The molecular formula is C18H23NO3. The van der Waals surface area contributed by atoms with E-state index in [0.717, 1.165) is 43.9 Å². The number of methoxy groups -OCH3 is 2. The Bertz CT molecular complexity index is 627. The second-order valence-electron chi connectivity index (χ2n) is 6.82. The average Bonchev–Trinajstić information content (AvgIpc) is 3.05. The van der Waals surface area contributed by atoms with E-state index < -0.39 is 0 Å². The zero-order valence-electron chi connectivity index (χ0n) is 13.4. The Morgan fingerprint density at radius 1 is 1.18 bits per heavy atom. The second-order valence-corrected chi connectivity index (χ2v) is 6.82. The Balaban J connectivity index is 1.87. The Hall–Kier alpha value is -1.55. The molecule has 2 heterocycles. The first kappa shape index (κ1) is 14.1. The number of hydrogen-bond acceptors (Lipinski definition) is 4. The van der Waals surface area contributed by atoms with Gasteiger partial charge in [-0.2, -0.15) is 0 Å². The molecule has 2 aliphatic heterocycles. The topological polar surface area (TPSA) is 38.8 Å². The Kier molecular flexibility index (Phi) is 3.19. The third kappa shape index (κ3) is 1.83. The molecule has 2 fully saturated rings. The SMILES string of the molecule is COc1cc2c(cc1OC)[C@@H]1CC(=O)C[C@]13CCCN3CC2. The molecule has 4 nitrogen and oxygen atoms in total. The lowest BCUT2D eigenvalue weighted by atomic mass is 9.79. The fourth-order valence-corrected chi connectivity index (χ4v) is 4.97. The number of fused-ring (bicyclic) bond motifs is 2. The zero-order chi connectivity index (χ0) is 15.3. The van der Waals surface area contributed by atoms with Crippen molar-refractivity contribution < 1.29 is 14.3 Å². The van der Waals surface area contributed by atoms with Gasteiger partial charge in [0.05, 0.1) is 14.2 Å². The molecule has 2 atom stereocenters. The van der Waals surface area contributed by atoms with Gasteiger partial charge in [-0.15, -0.1) is 0 Å². The van der Waals surface area contributed by atoms with Gasteiger partial charge in [-0.1, -0.05) is 0 Å². The molecule has 0 N–H and O–H groups in total. The summed E-state index contributed by atoms with van der Waals surface area (Å²) in [4.78, 5) is 14.8. The van der Waals surface area contributed by atoms with Gasteiger partial charge in [0.2, 0.25) is 0 Å². The van der Waals surface area contributed by atoms with E-state index >= 15 is 0 Å². The van der Waals surface area contributed by atoms with Crippen LogP contribution in [0.15, 0.2) is 12.1 Å². The molecule has 3 aliphatic rings. The maximum atomic E-state index is 12.3. The van der Waals surface area contributed by atoms with E-state index in [4.69, 9.17) is 9.47 Å². The van der Waals surface area contributed by atoms with Gasteiger partial charge in [0.25, 0.3) is 0 Å². The average molecular weight is 301 g/mol. The maximum Gasteiger partial charge on any atom is 0.161 e. The summed E-state index contributed by atoms with van der Waals surface area (Å²) in [6.45, 7) is 2.18. The molecule has 4 heteroatoms. The summed E-state index contributed by atoms with van der Waals surface area (Å²) in [6, 6.07) is 4.24. The molecule has 0 radical (unpaired) electrons. The van der Waals surface area contributed by atoms with Gasteiger partial charge in [0.15, 0.2) is 11.5 Å². The fourth-order valence-electron chi connectivity index (χ4n) is 4.97. The van der Waals surface area contributed by atoms with Crippen LogP contribution in [0.2, 0.25) is 0 Å². The number of nitrogens with zero attached hydrogens (tertiary/aromatic N) is 1. The highest BCUT2D eigenvalue weighted by Crippen LogP contribution is 2.54. The normalized spacial score (nSPS) is 30.5. The van der Waals surface area contributed by atoms with Crippen molar-refractivity contribution in [1.29, 1.82) is 0 Å². The molecule has 1 aromatic rings. The number of ether oxygens (including phenoxy) is 2. The number of carbonyl (C=O) groups is 1. The fraction of sp³-hybridized carbons (Fsp3) is 0.611. The van der Waals surface area contributed by atoms with E-state index in [1.165, 1.54) is 17.5 Å². The number of carbonyl (C=O) groups excluding carboxylic acids is 1. The van der Waals surface area contributed by atoms with Crippen molar-refractivity contribution in [2.75, 3.05) is 27.3 Å². The first-order valence-electron chi connectivity index (χ1n) is 8.19. The quantitative estimate of drug-likeness (QED) is 0.841. The third-order valence-corrected chi connectivity index (χ3v) is 5.92. The van der Waals surface area contributed by atoms with Gasteiger partial charge < -0.3 is 9.47 Å². The van der Waals surface area contributed by atoms with Crippen LogP contribution in [0.25, 0.3) is 0 Å². The van der Waals surface area contributed by atoms with Crippen LogP contribution in [0, 0.1) is 0 Å². The minimum atomic E-state index is 0.0714. The highest BCUT2D eigenvalue weighted by Gasteiger charge is 2.54. The minimum Gasteiger partial charge on any atom is -0.493 e. The molecule has 1 spiro atoms. The Morgan fingerprint density at radius 2 is 1.95 bits per heavy atom. The standard InChI is InChI=1S/C18H23NO3/c1-21-16-8-12-4-7-19-6-3-5-18(19)11-13(20)9-15(18)14(12)10-17(16)22-2/h8,10,15H,3-7,9,11H2,1-2H3/t15-,18+/m0/s1. The molecule has 1 saturated heterocycles. The van der Waals surface area contributed by atoms with E-state index in [1.54, 1.807) is 14.2 Å². The van der Waals surface area contributed by atoms with E-state index in [0.29, 0.717) is 18.1 Å². The van der Waals surface area contributed by atoms with E-state index in [9.17, 15) is 4.79 Å². The van der Waals surface area contributed by atoms with Crippen LogP contribution in [0.3, 0.4) is 0 Å². The largest absolute Gasteiger partial charge is 0.493 e. The molecule has 1 aliphatic carbocycles. The van der Waals surface area contributed by atoms with Crippen molar-refractivity contribution in [3.63, 3.8) is 0 Å². The molecule has 118 valence electrons. The van der Waals surface area contributed by atoms with Crippen LogP contribution in [-0.4, -0.2) is 43.5 Å². The molecule has 0 bridgehead atoms. The monoisotopic (exact) mass is 301 g/mol. The summed E-state index contributed by atoms with van der Waals surface area (Å²) in [6.07, 6.45) is 4.80. The highest BCUT2D eigenvalue weighted by molar-refractivity contribution is 5.84. The molecule has 22 heavy (non-hydrogen) atoms. The Morgan fingerprint density at radius 3 is 2.73 bits per heavy atom. The molecule has 0 aromatic heterocycles. The summed E-state index contributed by atoms with van der Waals surface area (Å²) >= 11 is 0. The van der Waals surface area contributed by atoms with Crippen LogP contribution in [0.4, 0.5) is 0 Å². The highest BCUT2D eigenvalue weighted by atomic mass is 16.5. The van der Waals surface area contributed by atoms with Crippen LogP contribution >= 0.6 is 0 Å². The van der Waals surface area contributed by atoms with Gasteiger partial charge >= 0.3 is 0 Å². The predicted molar refractivity (Wildman–Crippen MR) is 83.8 cm³/mol. The lowest BCUT2D eigenvalue weighted by Gasteiger charge is -2.38. The zero-order valence-corrected chi connectivity index (χ0v) is 13.4. The summed E-state index contributed by atoms with van der Waals surface area (Å²) in [5, 5.41) is 0. The summed E-state index contributed by atoms with van der Waals surface area (Å²) in [5.74, 6) is 2.31. The number of Topliss-reactive ketones (excluding diaryl/α,β-unsaturated/α-hetero) is 1.